The average molecular weight is 435 g/mol. The summed E-state index contributed by atoms with van der Waals surface area (Å²) in [6.45, 7) is 0.578. The third-order valence-corrected chi connectivity index (χ3v) is 4.59. The topological polar surface area (TPSA) is 111 Å². The van der Waals surface area contributed by atoms with E-state index in [0.717, 1.165) is 11.1 Å². The van der Waals surface area contributed by atoms with Crippen molar-refractivity contribution in [1.29, 1.82) is 0 Å². The Labute approximate surface area is 176 Å². The van der Waals surface area contributed by atoms with Gasteiger partial charge in [-0.15, -0.1) is 0 Å². The molecular weight excluding hydrogens is 409 g/mol. The monoisotopic (exact) mass is 435 g/mol. The molecule has 8 nitrogen and oxygen atoms in total. The van der Waals surface area contributed by atoms with Crippen LogP contribution in [0.1, 0.15) is 30.4 Å². The maximum absolute atomic E-state index is 12.2. The van der Waals surface area contributed by atoms with Crippen LogP contribution in [0.25, 0.3) is 0 Å². The highest BCUT2D eigenvalue weighted by molar-refractivity contribution is 7.32. The van der Waals surface area contributed by atoms with E-state index in [1.807, 2.05) is 48.5 Å². The number of carbonyl (C=O) groups is 2. The second kappa shape index (κ2) is 13.5. The van der Waals surface area contributed by atoms with E-state index in [9.17, 15) is 14.2 Å². The molecule has 0 saturated carbocycles. The second-order valence-corrected chi connectivity index (χ2v) is 7.22. The number of alkyl carbamates (subject to hydrolysis) is 1. The van der Waals surface area contributed by atoms with E-state index in [1.54, 1.807) is 12.1 Å². The summed E-state index contributed by atoms with van der Waals surface area (Å²) in [4.78, 5) is 32.9. The fourth-order valence-electron chi connectivity index (χ4n) is 2.59. The molecule has 2 unspecified atom stereocenters. The molecule has 2 N–H and O–H groups in total. The number of benzene rings is 2. The summed E-state index contributed by atoms with van der Waals surface area (Å²) in [6, 6.07) is 18.4. The minimum atomic E-state index is -3.29. The first-order valence-corrected chi connectivity index (χ1v) is 10.9. The SMILES string of the molecule is O=C(NCCCCC(O[PH](=O)O)C(=O)OCc1ccccc1)OCc1ccccc1. The molecule has 162 valence electrons. The Morgan fingerprint density at radius 2 is 1.47 bits per heavy atom. The van der Waals surface area contributed by atoms with Crippen LogP contribution in [0.2, 0.25) is 0 Å². The summed E-state index contributed by atoms with van der Waals surface area (Å²) in [5.74, 6) is -0.693. The first-order valence-electron chi connectivity index (χ1n) is 9.59. The van der Waals surface area contributed by atoms with Crippen molar-refractivity contribution in [3.63, 3.8) is 0 Å². The van der Waals surface area contributed by atoms with Gasteiger partial charge >= 0.3 is 20.3 Å². The van der Waals surface area contributed by atoms with Crippen LogP contribution in [0.15, 0.2) is 60.7 Å². The number of hydrogen-bond acceptors (Lipinski definition) is 6. The molecule has 9 heteroatoms. The van der Waals surface area contributed by atoms with Crippen LogP contribution < -0.4 is 5.32 Å². The molecular formula is C21H26NO7P. The van der Waals surface area contributed by atoms with Gasteiger partial charge in [0.2, 0.25) is 0 Å². The van der Waals surface area contributed by atoms with Crippen molar-refractivity contribution in [3.05, 3.63) is 71.8 Å². The number of carbonyl (C=O) groups excluding carboxylic acids is 2. The molecule has 2 aromatic rings. The number of unbranched alkanes of at least 4 members (excludes halogenated alkanes) is 1. The van der Waals surface area contributed by atoms with Crippen molar-refractivity contribution >= 4 is 20.3 Å². The zero-order chi connectivity index (χ0) is 21.6. The van der Waals surface area contributed by atoms with Crippen molar-refractivity contribution in [3.8, 4) is 0 Å². The Hall–Kier alpha value is -2.67. The number of rotatable bonds is 12. The lowest BCUT2D eigenvalue weighted by Crippen LogP contribution is -2.27. The Morgan fingerprint density at radius 3 is 2.03 bits per heavy atom. The lowest BCUT2D eigenvalue weighted by Gasteiger charge is -2.15. The molecule has 1 amide bonds. The third kappa shape index (κ3) is 9.69. The molecule has 2 atom stereocenters. The summed E-state index contributed by atoms with van der Waals surface area (Å²) in [5, 5.41) is 2.62. The van der Waals surface area contributed by atoms with E-state index in [-0.39, 0.29) is 19.6 Å². The molecule has 0 fully saturated rings. The van der Waals surface area contributed by atoms with Crippen LogP contribution >= 0.6 is 8.25 Å². The van der Waals surface area contributed by atoms with E-state index >= 15 is 0 Å². The highest BCUT2D eigenvalue weighted by atomic mass is 31.1. The quantitative estimate of drug-likeness (QED) is 0.298. The van der Waals surface area contributed by atoms with Crippen molar-refractivity contribution in [2.75, 3.05) is 6.54 Å². The molecule has 0 aliphatic rings. The molecule has 0 bridgehead atoms. The molecule has 2 rings (SSSR count). The first-order chi connectivity index (χ1) is 14.5. The number of nitrogens with one attached hydrogen (secondary N) is 1. The molecule has 30 heavy (non-hydrogen) atoms. The maximum Gasteiger partial charge on any atom is 0.407 e. The van der Waals surface area contributed by atoms with Gasteiger partial charge in [0.25, 0.3) is 0 Å². The number of hydrogen-bond donors (Lipinski definition) is 2. The summed E-state index contributed by atoms with van der Waals surface area (Å²) < 4.78 is 26.1. The summed E-state index contributed by atoms with van der Waals surface area (Å²) >= 11 is 0. The average Bonchev–Trinajstić information content (AvgIpc) is 2.76. The molecule has 0 aromatic heterocycles. The maximum atomic E-state index is 12.2. The van der Waals surface area contributed by atoms with Gasteiger partial charge < -0.3 is 19.7 Å². The summed E-state index contributed by atoms with van der Waals surface area (Å²) in [5.41, 5.74) is 1.69. The zero-order valence-corrected chi connectivity index (χ0v) is 17.5. The minimum absolute atomic E-state index is 0.0563. The normalized spacial score (nSPS) is 12.6. The molecule has 0 heterocycles. The van der Waals surface area contributed by atoms with Gasteiger partial charge in [-0.1, -0.05) is 60.7 Å². The molecule has 0 spiro atoms. The van der Waals surface area contributed by atoms with E-state index < -0.39 is 26.4 Å². The highest BCUT2D eigenvalue weighted by Crippen LogP contribution is 2.22. The van der Waals surface area contributed by atoms with Gasteiger partial charge in [0.1, 0.15) is 13.2 Å². The number of ether oxygens (including phenoxy) is 2. The number of amides is 1. The van der Waals surface area contributed by atoms with Gasteiger partial charge in [-0.3, -0.25) is 9.09 Å². The highest BCUT2D eigenvalue weighted by Gasteiger charge is 2.22. The van der Waals surface area contributed by atoms with Gasteiger partial charge in [-0.2, -0.15) is 0 Å². The Bertz CT molecular complexity index is 802. The minimum Gasteiger partial charge on any atom is -0.459 e. The molecule has 2 aromatic carbocycles. The van der Waals surface area contributed by atoms with E-state index in [0.29, 0.717) is 19.4 Å². The second-order valence-electron chi connectivity index (χ2n) is 6.45. The van der Waals surface area contributed by atoms with Crippen LogP contribution in [0.3, 0.4) is 0 Å². The van der Waals surface area contributed by atoms with E-state index in [2.05, 4.69) is 5.32 Å². The predicted molar refractivity (Wildman–Crippen MR) is 111 cm³/mol. The smallest absolute Gasteiger partial charge is 0.407 e. The van der Waals surface area contributed by atoms with Gasteiger partial charge in [0.05, 0.1) is 0 Å². The molecule has 0 aliphatic carbocycles. The van der Waals surface area contributed by atoms with Crippen LogP contribution in [0.4, 0.5) is 4.79 Å². The first kappa shape index (κ1) is 23.6. The predicted octanol–water partition coefficient (Wildman–Crippen LogP) is 3.59. The standard InChI is InChI=1S/C21H26NO7P/c23-20(27-15-17-9-3-1-4-10-17)19(29-30(25)26)13-7-8-14-22-21(24)28-16-18-11-5-2-6-12-18/h1-6,9-12,19,30H,7-8,13-16H2,(H,22,24)(H,25,26). The van der Waals surface area contributed by atoms with Crippen molar-refractivity contribution in [1.82, 2.24) is 5.32 Å². The largest absolute Gasteiger partial charge is 0.459 e. The van der Waals surface area contributed by atoms with Crippen LogP contribution in [0, 0.1) is 0 Å². The third-order valence-electron chi connectivity index (χ3n) is 4.11. The van der Waals surface area contributed by atoms with Gasteiger partial charge in [-0.05, 0) is 30.4 Å². The summed E-state index contributed by atoms with van der Waals surface area (Å²) in [6.07, 6.45) is -0.437. The van der Waals surface area contributed by atoms with Crippen LogP contribution in [-0.4, -0.2) is 29.6 Å². The zero-order valence-electron chi connectivity index (χ0n) is 16.5. The lowest BCUT2D eigenvalue weighted by molar-refractivity contribution is -0.153. The Kier molecular flexibility index (Phi) is 10.7. The fourth-order valence-corrected chi connectivity index (χ4v) is 3.05. The van der Waals surface area contributed by atoms with Crippen LogP contribution in [0.5, 0.6) is 0 Å². The van der Waals surface area contributed by atoms with E-state index in [1.165, 1.54) is 0 Å². The molecule has 0 saturated heterocycles. The molecule has 0 aliphatic heterocycles. The van der Waals surface area contributed by atoms with Crippen LogP contribution in [-0.2, 0) is 36.6 Å². The van der Waals surface area contributed by atoms with Crippen molar-refractivity contribution < 1.29 is 33.0 Å². The van der Waals surface area contributed by atoms with Gasteiger partial charge in [0, 0.05) is 6.54 Å². The Morgan fingerprint density at radius 1 is 0.900 bits per heavy atom. The number of esters is 1. The van der Waals surface area contributed by atoms with Crippen molar-refractivity contribution in [2.24, 2.45) is 0 Å². The lowest BCUT2D eigenvalue weighted by atomic mass is 10.1. The molecule has 0 radical (unpaired) electrons. The fraction of sp³-hybridized carbons (Fsp3) is 0.333. The van der Waals surface area contributed by atoms with Crippen molar-refractivity contribution in [2.45, 2.75) is 38.6 Å². The summed E-state index contributed by atoms with van der Waals surface area (Å²) in [7, 11) is -3.29. The Balaban J connectivity index is 1.65. The van der Waals surface area contributed by atoms with Gasteiger partial charge in [0.15, 0.2) is 6.10 Å². The van der Waals surface area contributed by atoms with E-state index in [4.69, 9.17) is 18.9 Å². The van der Waals surface area contributed by atoms with Gasteiger partial charge in [-0.25, -0.2) is 9.59 Å².